The molecular formula is C125H118N16O6. The average molecular weight is 1940 g/mol. The molecule has 0 aliphatic carbocycles. The zero-order valence-corrected chi connectivity index (χ0v) is 83.8. The third-order valence-corrected chi connectivity index (χ3v) is 29.7. The first-order valence-corrected chi connectivity index (χ1v) is 50.6. The quantitative estimate of drug-likeness (QED) is 0.0762. The molecule has 22 heteroatoms. The molecule has 20 aromatic rings. The Balaban J connectivity index is 0.000000108. The van der Waals surface area contributed by atoms with Crippen LogP contribution in [0.4, 0.5) is 0 Å². The van der Waals surface area contributed by atoms with Crippen LogP contribution in [0.25, 0.3) is 83.6 Å². The lowest BCUT2D eigenvalue weighted by atomic mass is 9.92. The second kappa shape index (κ2) is 43.2. The predicted molar refractivity (Wildman–Crippen MR) is 581 cm³/mol. The highest BCUT2D eigenvalue weighted by atomic mass is 16.5. The Morgan fingerprint density at radius 2 is 0.578 bits per heavy atom. The largest absolute Gasteiger partial charge is 0.508 e. The SMILES string of the molecule is CC1Cc2cc(C#N)ccc2CN1Cc1cccc(-n2cnc3ccccc32)c1.CC1Cc2cc(C(=O)O)ccc2CN1Cc1cccc(-n2cnc3ccccc32)c1.CC1Cc2cc(O)ccc2CN1Cc1cccc(-n2cnc3ccccc32)c1.COC(=O)c1ccc2c(c1)CC(C)N(Cc1cccc(-n3cnc4ccccc43)c1)C2.COc1ccc2c(c1)CC(C)N(Cc1cccc(-n3cnc4ccccc43)c1)C2. The van der Waals surface area contributed by atoms with Crippen LogP contribution in [0.1, 0.15) is 144 Å². The Bertz CT molecular complexity index is 8270. The van der Waals surface area contributed by atoms with Crippen molar-refractivity contribution in [3.63, 3.8) is 0 Å². The maximum absolute atomic E-state index is 11.9. The van der Waals surface area contributed by atoms with Gasteiger partial charge in [-0.3, -0.25) is 47.3 Å². The normalized spacial score (nSPS) is 16.6. The topological polar surface area (TPSA) is 222 Å². The summed E-state index contributed by atoms with van der Waals surface area (Å²) >= 11 is 0. The number of hydrogen-bond donors (Lipinski definition) is 2. The highest BCUT2D eigenvalue weighted by Crippen LogP contribution is 2.37. The number of benzene rings is 15. The molecule has 5 unspecified atom stereocenters. The van der Waals surface area contributed by atoms with E-state index in [2.05, 4.69) is 325 Å². The molecule has 5 aliphatic heterocycles. The zero-order valence-electron chi connectivity index (χ0n) is 83.8. The summed E-state index contributed by atoms with van der Waals surface area (Å²) < 4.78 is 21.0. The number of carbonyl (C=O) groups excluding carboxylic acids is 1. The number of ether oxygens (including phenoxy) is 2. The summed E-state index contributed by atoms with van der Waals surface area (Å²) in [6.07, 6.45) is 14.3. The van der Waals surface area contributed by atoms with Crippen molar-refractivity contribution in [3.05, 3.63) is 465 Å². The number of carboxylic acids is 1. The molecule has 15 aromatic carbocycles. The first-order chi connectivity index (χ1) is 71.8. The summed E-state index contributed by atoms with van der Waals surface area (Å²) in [5.41, 5.74) is 37.4. The van der Waals surface area contributed by atoms with E-state index in [1.165, 1.54) is 85.0 Å². The fourth-order valence-corrected chi connectivity index (χ4v) is 21.6. The number of nitrogens with zero attached hydrogens (tertiary/aromatic N) is 16. The highest BCUT2D eigenvalue weighted by Gasteiger charge is 2.31. The molecule has 10 heterocycles. The minimum absolute atomic E-state index is 0.276. The van der Waals surface area contributed by atoms with Gasteiger partial charge in [0.15, 0.2) is 0 Å². The second-order valence-electron chi connectivity index (χ2n) is 39.6. The monoisotopic (exact) mass is 1940 g/mol. The molecule has 0 radical (unpaired) electrons. The minimum atomic E-state index is -0.864. The summed E-state index contributed by atoms with van der Waals surface area (Å²) in [4.78, 5) is 58.2. The number of aromatic carboxylic acids is 1. The third-order valence-electron chi connectivity index (χ3n) is 29.7. The van der Waals surface area contributed by atoms with Gasteiger partial charge < -0.3 is 19.7 Å². The molecule has 0 amide bonds. The van der Waals surface area contributed by atoms with Crippen molar-refractivity contribution in [1.82, 2.24) is 72.3 Å². The Morgan fingerprint density at radius 1 is 0.306 bits per heavy atom. The Kier molecular flexibility index (Phi) is 28.4. The number of hydrogen-bond acceptors (Lipinski definition) is 16. The molecule has 0 saturated carbocycles. The van der Waals surface area contributed by atoms with E-state index in [0.717, 1.165) is 198 Å². The van der Waals surface area contributed by atoms with Gasteiger partial charge >= 0.3 is 11.9 Å². The molecule has 0 spiro atoms. The van der Waals surface area contributed by atoms with E-state index in [-0.39, 0.29) is 5.97 Å². The number of carboxylic acid groups (broad SMARTS) is 1. The number of methoxy groups -OCH3 is 2. The van der Waals surface area contributed by atoms with Gasteiger partial charge in [0, 0.05) is 124 Å². The number of aromatic hydroxyl groups is 1. The Hall–Kier alpha value is -16.5. The maximum atomic E-state index is 11.9. The summed E-state index contributed by atoms with van der Waals surface area (Å²) in [6, 6.07) is 119. The number of nitriles is 1. The third kappa shape index (κ3) is 21.5. The number of phenolic OH excluding ortho intramolecular Hbond substituents is 1. The van der Waals surface area contributed by atoms with Crippen LogP contribution in [0.3, 0.4) is 0 Å². The second-order valence-corrected chi connectivity index (χ2v) is 39.6. The van der Waals surface area contributed by atoms with E-state index in [1.54, 1.807) is 19.2 Å². The van der Waals surface area contributed by atoms with Crippen LogP contribution in [-0.2, 0) is 102 Å². The van der Waals surface area contributed by atoms with Crippen molar-refractivity contribution in [2.45, 2.75) is 162 Å². The molecule has 25 rings (SSSR count). The molecule has 5 aromatic heterocycles. The Morgan fingerprint density at radius 3 is 0.884 bits per heavy atom. The standard InChI is InChI=1S/C26H25N3O2.C25H22N4.C25H23N3O2.C25H25N3O.C24H23N3O/c1-18-12-22-14-20(26(30)31-2)10-11-21(22)16-28(18)15-19-6-5-7-23(13-19)29-17-27-24-8-3-4-9-25(24)29;1-18-11-22-12-19(14-26)9-10-21(22)16-28(18)15-20-5-4-6-23(13-20)29-17-27-24-7-2-3-8-25(24)29;1-17-11-21-13-19(25(29)30)9-10-20(21)15-27(17)14-18-5-4-6-22(12-18)28-16-26-23-7-2-3-8-24(23)28;1-18-12-21-14-23(29-2)11-10-20(21)16-27(18)15-19-6-5-7-22(13-19)28-17-26-24-8-3-4-9-25(24)28;1-17-11-20-13-22(28)10-9-19(20)15-26(17)14-18-5-4-6-21(12-18)27-16-25-23-7-2-3-8-24(23)27/h3-11,13-14,17-18H,12,15-16H2,1-2H3;2-10,12-13,17-18H,11,15-16H2,1H3;2-10,12-13,16-17H,11,14-15H2,1H3,(H,29,30);3-11,13-14,17-18H,12,15-16H2,1-2H3;2-10,12-13,16-17,28H,11,14-15H2,1H3. The van der Waals surface area contributed by atoms with Crippen molar-refractivity contribution in [2.24, 2.45) is 0 Å². The van der Waals surface area contributed by atoms with Gasteiger partial charge in [-0.25, -0.2) is 34.5 Å². The van der Waals surface area contributed by atoms with Gasteiger partial charge in [-0.1, -0.05) is 152 Å². The van der Waals surface area contributed by atoms with Crippen LogP contribution in [0.15, 0.2) is 365 Å². The number of esters is 1. The lowest BCUT2D eigenvalue weighted by Crippen LogP contribution is -2.37. The van der Waals surface area contributed by atoms with Crippen LogP contribution in [0.2, 0.25) is 0 Å². The first kappa shape index (κ1) is 96.6. The van der Waals surface area contributed by atoms with Crippen LogP contribution >= 0.6 is 0 Å². The smallest absolute Gasteiger partial charge is 0.337 e. The lowest BCUT2D eigenvalue weighted by Gasteiger charge is -2.35. The van der Waals surface area contributed by atoms with Crippen molar-refractivity contribution >= 4 is 67.1 Å². The van der Waals surface area contributed by atoms with E-state index >= 15 is 0 Å². The summed E-state index contributed by atoms with van der Waals surface area (Å²) in [5.74, 6) is 0.169. The molecular weight excluding hydrogens is 1820 g/mol. The van der Waals surface area contributed by atoms with Crippen LogP contribution < -0.4 is 4.74 Å². The van der Waals surface area contributed by atoms with Gasteiger partial charge in [-0.15, -0.1) is 0 Å². The molecule has 147 heavy (non-hydrogen) atoms. The van der Waals surface area contributed by atoms with Gasteiger partial charge in [0.2, 0.25) is 0 Å². The first-order valence-electron chi connectivity index (χ1n) is 50.6. The highest BCUT2D eigenvalue weighted by molar-refractivity contribution is 5.90. The van der Waals surface area contributed by atoms with E-state index in [1.807, 2.05) is 141 Å². The van der Waals surface area contributed by atoms with Gasteiger partial charge in [-0.2, -0.15) is 5.26 Å². The number of phenols is 1. The average Bonchev–Trinajstić information content (AvgIpc) is 1.20. The predicted octanol–water partition coefficient (Wildman–Crippen LogP) is 23.9. The summed E-state index contributed by atoms with van der Waals surface area (Å²) in [7, 11) is 3.16. The van der Waals surface area contributed by atoms with Crippen LogP contribution in [0, 0.1) is 11.3 Å². The van der Waals surface area contributed by atoms with Crippen molar-refractivity contribution in [1.29, 1.82) is 5.26 Å². The van der Waals surface area contributed by atoms with Crippen molar-refractivity contribution < 1.29 is 29.3 Å². The molecule has 734 valence electrons. The molecule has 2 N–H and O–H groups in total. The fourth-order valence-electron chi connectivity index (χ4n) is 21.6. The number of imidazole rings is 5. The molecule has 5 atom stereocenters. The molecule has 0 bridgehead atoms. The summed E-state index contributed by atoms with van der Waals surface area (Å²) in [6.45, 7) is 20.3. The number of fused-ring (bicyclic) bond motifs is 10. The fraction of sp³-hybridized carbons (Fsp3) is 0.216. The number of carbonyl (C=O) groups is 2. The van der Waals surface area contributed by atoms with E-state index in [9.17, 15) is 19.8 Å². The number of para-hydroxylation sites is 10. The van der Waals surface area contributed by atoms with Gasteiger partial charge in [0.1, 0.15) is 43.1 Å². The lowest BCUT2D eigenvalue weighted by molar-refractivity contribution is 0.0599. The molecule has 0 saturated heterocycles. The van der Waals surface area contributed by atoms with E-state index < -0.39 is 5.97 Å². The molecule has 22 nitrogen and oxygen atoms in total. The molecule has 0 fully saturated rings. The molecule has 5 aliphatic rings. The van der Waals surface area contributed by atoms with E-state index in [4.69, 9.17) is 14.7 Å². The van der Waals surface area contributed by atoms with Crippen molar-refractivity contribution in [3.8, 4) is 46.0 Å². The summed E-state index contributed by atoms with van der Waals surface area (Å²) in [5, 5.41) is 28.2. The van der Waals surface area contributed by atoms with E-state index in [0.29, 0.717) is 47.1 Å². The zero-order chi connectivity index (χ0) is 101. The number of rotatable bonds is 18. The van der Waals surface area contributed by atoms with Gasteiger partial charge in [-0.05, 0) is 332 Å². The van der Waals surface area contributed by atoms with Gasteiger partial charge in [0.25, 0.3) is 0 Å². The van der Waals surface area contributed by atoms with Crippen LogP contribution in [-0.4, -0.2) is 139 Å². The number of aromatic nitrogens is 10. The van der Waals surface area contributed by atoms with Gasteiger partial charge in [0.05, 0.1) is 92.1 Å². The Labute approximate surface area is 856 Å². The maximum Gasteiger partial charge on any atom is 0.337 e. The minimum Gasteiger partial charge on any atom is -0.508 e. The van der Waals surface area contributed by atoms with Crippen LogP contribution in [0.5, 0.6) is 11.5 Å². The van der Waals surface area contributed by atoms with Crippen molar-refractivity contribution in [2.75, 3.05) is 14.2 Å².